The second kappa shape index (κ2) is 7.96. The van der Waals surface area contributed by atoms with E-state index in [-0.39, 0.29) is 5.82 Å². The van der Waals surface area contributed by atoms with Crippen LogP contribution >= 0.6 is 0 Å². The number of oxime groups is 1. The van der Waals surface area contributed by atoms with E-state index < -0.39 is 0 Å². The first-order chi connectivity index (χ1) is 12.2. The fraction of sp³-hybridized carbons (Fsp3) is 0.368. The molecule has 1 aliphatic carbocycles. The van der Waals surface area contributed by atoms with Crippen LogP contribution in [0.1, 0.15) is 37.7 Å². The molecule has 2 aromatic rings. The van der Waals surface area contributed by atoms with Crippen LogP contribution in [0.3, 0.4) is 0 Å². The molecule has 132 valence electrons. The van der Waals surface area contributed by atoms with Crippen molar-refractivity contribution < 1.29 is 14.3 Å². The van der Waals surface area contributed by atoms with Gasteiger partial charge in [-0.05, 0) is 43.2 Å². The lowest BCUT2D eigenvalue weighted by Gasteiger charge is -2.32. The van der Waals surface area contributed by atoms with Gasteiger partial charge in [0.1, 0.15) is 11.6 Å². The maximum atomic E-state index is 12.9. The first-order valence-electron chi connectivity index (χ1n) is 8.52. The van der Waals surface area contributed by atoms with Crippen LogP contribution in [0.4, 0.5) is 4.39 Å². The molecule has 3 rings (SSSR count). The van der Waals surface area contributed by atoms with Gasteiger partial charge in [0, 0.05) is 30.9 Å². The van der Waals surface area contributed by atoms with Crippen molar-refractivity contribution in [2.75, 3.05) is 7.05 Å². The van der Waals surface area contributed by atoms with Gasteiger partial charge < -0.3 is 14.8 Å². The molecule has 1 fully saturated rings. The minimum Gasteiger partial charge on any atom is -0.439 e. The van der Waals surface area contributed by atoms with Gasteiger partial charge in [-0.2, -0.15) is 0 Å². The highest BCUT2D eigenvalue weighted by Gasteiger charge is 2.22. The molecule has 0 atom stereocenters. The maximum Gasteiger partial charge on any atom is 0.219 e. The summed E-state index contributed by atoms with van der Waals surface area (Å²) in [6.45, 7) is 0. The summed E-state index contributed by atoms with van der Waals surface area (Å²) in [4.78, 5) is 6.28. The van der Waals surface area contributed by atoms with Gasteiger partial charge in [0.25, 0.3) is 0 Å². The molecular formula is C19H22FN3O2. The number of pyridine rings is 1. The zero-order valence-corrected chi connectivity index (χ0v) is 14.2. The summed E-state index contributed by atoms with van der Waals surface area (Å²) in [5, 5.41) is 12.9. The second-order valence-corrected chi connectivity index (χ2v) is 6.27. The number of amidine groups is 1. The Morgan fingerprint density at radius 2 is 1.88 bits per heavy atom. The molecule has 0 saturated heterocycles. The van der Waals surface area contributed by atoms with Crippen LogP contribution in [0, 0.1) is 5.82 Å². The molecule has 1 heterocycles. The number of hydrogen-bond acceptors (Lipinski definition) is 4. The molecule has 1 aromatic carbocycles. The highest BCUT2D eigenvalue weighted by Crippen LogP contribution is 2.24. The zero-order valence-electron chi connectivity index (χ0n) is 14.2. The van der Waals surface area contributed by atoms with Gasteiger partial charge in [0.05, 0.1) is 0 Å². The van der Waals surface area contributed by atoms with Crippen LogP contribution in [0.5, 0.6) is 11.6 Å². The van der Waals surface area contributed by atoms with Gasteiger partial charge in [0.15, 0.2) is 5.84 Å². The van der Waals surface area contributed by atoms with Crippen LogP contribution in [0.15, 0.2) is 47.8 Å². The number of ether oxygens (including phenoxy) is 1. The smallest absolute Gasteiger partial charge is 0.219 e. The third-order valence-corrected chi connectivity index (χ3v) is 4.58. The van der Waals surface area contributed by atoms with Crippen molar-refractivity contribution >= 4 is 5.84 Å². The van der Waals surface area contributed by atoms with Crippen LogP contribution < -0.4 is 4.74 Å². The monoisotopic (exact) mass is 343 g/mol. The number of aromatic nitrogens is 1. The molecule has 1 aliphatic rings. The first kappa shape index (κ1) is 17.2. The van der Waals surface area contributed by atoms with Gasteiger partial charge in [-0.3, -0.25) is 0 Å². The van der Waals surface area contributed by atoms with Gasteiger partial charge in [-0.25, -0.2) is 9.37 Å². The van der Waals surface area contributed by atoms with Crippen LogP contribution in [-0.2, 0) is 0 Å². The normalized spacial score (nSPS) is 15.8. The molecule has 6 heteroatoms. The highest BCUT2D eigenvalue weighted by molar-refractivity contribution is 5.98. The molecule has 1 saturated carbocycles. The lowest BCUT2D eigenvalue weighted by atomic mass is 9.94. The predicted octanol–water partition coefficient (Wildman–Crippen LogP) is 4.41. The maximum absolute atomic E-state index is 12.9. The van der Waals surface area contributed by atoms with Crippen molar-refractivity contribution in [3.63, 3.8) is 0 Å². The largest absolute Gasteiger partial charge is 0.439 e. The zero-order chi connectivity index (χ0) is 17.6. The van der Waals surface area contributed by atoms with E-state index in [4.69, 9.17) is 4.74 Å². The lowest BCUT2D eigenvalue weighted by Crippen LogP contribution is -2.38. The van der Waals surface area contributed by atoms with Crippen molar-refractivity contribution in [1.29, 1.82) is 0 Å². The molecule has 0 radical (unpaired) electrons. The van der Waals surface area contributed by atoms with Gasteiger partial charge in [0.2, 0.25) is 5.88 Å². The molecule has 0 amide bonds. The van der Waals surface area contributed by atoms with E-state index in [2.05, 4.69) is 10.1 Å². The van der Waals surface area contributed by atoms with E-state index in [1.165, 1.54) is 31.4 Å². The third kappa shape index (κ3) is 4.26. The number of rotatable bonds is 4. The van der Waals surface area contributed by atoms with E-state index in [1.807, 2.05) is 11.9 Å². The van der Waals surface area contributed by atoms with Gasteiger partial charge in [-0.1, -0.05) is 24.4 Å². The Hall–Kier alpha value is -2.63. The number of halogens is 1. The minimum absolute atomic E-state index is 0.315. The van der Waals surface area contributed by atoms with Crippen molar-refractivity contribution in [3.05, 3.63) is 54.0 Å². The summed E-state index contributed by atoms with van der Waals surface area (Å²) < 4.78 is 18.5. The quantitative estimate of drug-likeness (QED) is 0.386. The van der Waals surface area contributed by atoms with E-state index in [9.17, 15) is 9.60 Å². The number of hydrogen-bond donors (Lipinski definition) is 1. The summed E-state index contributed by atoms with van der Waals surface area (Å²) in [5.74, 6) is 1.10. The standard InChI is InChI=1S/C19H22FN3O2/c1-23(16-5-3-2-4-6-16)19(22-24)14-7-12-18(21-13-14)25-17-10-8-15(20)9-11-17/h7-13,16,24H,2-6H2,1H3/b22-19-. The Labute approximate surface area is 146 Å². The van der Waals surface area contributed by atoms with Crippen molar-refractivity contribution in [2.45, 2.75) is 38.1 Å². The Balaban J connectivity index is 1.70. The van der Waals surface area contributed by atoms with Gasteiger partial charge >= 0.3 is 0 Å². The SMILES string of the molecule is CN(/C(=N\O)c1ccc(Oc2ccc(F)cc2)nc1)C1CCCCC1. The number of nitrogens with zero attached hydrogens (tertiary/aromatic N) is 3. The van der Waals surface area contributed by atoms with E-state index in [1.54, 1.807) is 30.5 Å². The van der Waals surface area contributed by atoms with Crippen molar-refractivity contribution in [1.82, 2.24) is 9.88 Å². The third-order valence-electron chi connectivity index (χ3n) is 4.58. The van der Waals surface area contributed by atoms with Crippen LogP contribution in [0.2, 0.25) is 0 Å². The lowest BCUT2D eigenvalue weighted by molar-refractivity contribution is 0.256. The molecule has 25 heavy (non-hydrogen) atoms. The fourth-order valence-electron chi connectivity index (χ4n) is 3.17. The molecule has 0 spiro atoms. The average molecular weight is 343 g/mol. The molecule has 5 nitrogen and oxygen atoms in total. The van der Waals surface area contributed by atoms with E-state index in [0.717, 1.165) is 18.4 Å². The average Bonchev–Trinajstić information content (AvgIpc) is 2.66. The molecule has 1 N–H and O–H groups in total. The van der Waals surface area contributed by atoms with Crippen LogP contribution in [0.25, 0.3) is 0 Å². The van der Waals surface area contributed by atoms with E-state index in [0.29, 0.717) is 23.5 Å². The second-order valence-electron chi connectivity index (χ2n) is 6.27. The predicted molar refractivity (Wildman–Crippen MR) is 93.7 cm³/mol. The van der Waals surface area contributed by atoms with Crippen LogP contribution in [-0.4, -0.2) is 34.0 Å². The summed E-state index contributed by atoms with van der Waals surface area (Å²) in [6, 6.07) is 9.65. The molecule has 0 aliphatic heterocycles. The molecule has 0 unspecified atom stereocenters. The summed E-state index contributed by atoms with van der Waals surface area (Å²) in [5.41, 5.74) is 0.724. The Kier molecular flexibility index (Phi) is 5.48. The number of benzene rings is 1. The minimum atomic E-state index is -0.315. The Bertz CT molecular complexity index is 710. The fourth-order valence-corrected chi connectivity index (χ4v) is 3.17. The molecule has 1 aromatic heterocycles. The topological polar surface area (TPSA) is 58.0 Å². The van der Waals surface area contributed by atoms with Crippen molar-refractivity contribution in [3.8, 4) is 11.6 Å². The van der Waals surface area contributed by atoms with Crippen molar-refractivity contribution in [2.24, 2.45) is 5.16 Å². The molecule has 0 bridgehead atoms. The first-order valence-corrected chi connectivity index (χ1v) is 8.52. The Morgan fingerprint density at radius 3 is 2.48 bits per heavy atom. The summed E-state index contributed by atoms with van der Waals surface area (Å²) >= 11 is 0. The summed E-state index contributed by atoms with van der Waals surface area (Å²) in [7, 11) is 1.95. The van der Waals surface area contributed by atoms with E-state index >= 15 is 0 Å². The van der Waals surface area contributed by atoms with Gasteiger partial charge in [-0.15, -0.1) is 0 Å². The summed E-state index contributed by atoms with van der Waals surface area (Å²) in [6.07, 6.45) is 7.51. The Morgan fingerprint density at radius 1 is 1.16 bits per heavy atom. The highest BCUT2D eigenvalue weighted by atomic mass is 19.1. The molecular weight excluding hydrogens is 321 g/mol.